The van der Waals surface area contributed by atoms with Gasteiger partial charge in [-0.05, 0) is 31.4 Å². The number of halogens is 3. The monoisotopic (exact) mass is 243 g/mol. The highest BCUT2D eigenvalue weighted by molar-refractivity contribution is 5.15. The van der Waals surface area contributed by atoms with Crippen LogP contribution in [0.2, 0.25) is 0 Å². The smallest absolute Gasteiger partial charge is 0.292 e. The minimum absolute atomic E-state index is 0.248. The lowest BCUT2D eigenvalue weighted by Gasteiger charge is -2.26. The lowest BCUT2D eigenvalue weighted by Crippen LogP contribution is -2.42. The third-order valence-corrected chi connectivity index (χ3v) is 3.27. The summed E-state index contributed by atoms with van der Waals surface area (Å²) in [6.07, 6.45) is -2.49. The van der Waals surface area contributed by atoms with Crippen LogP contribution in [0.3, 0.4) is 0 Å². The maximum Gasteiger partial charge on any atom is 0.404 e. The zero-order valence-electron chi connectivity index (χ0n) is 9.58. The molecule has 1 aromatic rings. The molecule has 1 nitrogen and oxygen atoms in total. The molecular formula is C13H16F3N. The summed E-state index contributed by atoms with van der Waals surface area (Å²) >= 11 is 0. The molecule has 2 rings (SSSR count). The molecule has 0 spiro atoms. The number of nitrogens with zero attached hydrogens (tertiary/aromatic N) is 1. The molecule has 1 aliphatic heterocycles. The minimum Gasteiger partial charge on any atom is -0.292 e. The molecule has 0 bridgehead atoms. The molecule has 0 aromatic heterocycles. The van der Waals surface area contributed by atoms with Crippen LogP contribution >= 0.6 is 0 Å². The van der Waals surface area contributed by atoms with Crippen molar-refractivity contribution in [3.8, 4) is 0 Å². The van der Waals surface area contributed by atoms with Crippen LogP contribution in [0.4, 0.5) is 13.2 Å². The Morgan fingerprint density at radius 2 is 1.88 bits per heavy atom. The van der Waals surface area contributed by atoms with Crippen molar-refractivity contribution in [2.45, 2.75) is 31.5 Å². The minimum atomic E-state index is -4.08. The summed E-state index contributed by atoms with van der Waals surface area (Å²) in [4.78, 5) is 1.56. The first-order valence-electron chi connectivity index (χ1n) is 5.92. The van der Waals surface area contributed by atoms with Crippen LogP contribution in [-0.2, 0) is 6.42 Å². The second-order valence-corrected chi connectivity index (χ2v) is 4.47. The molecule has 94 valence electrons. The van der Waals surface area contributed by atoms with E-state index in [0.717, 1.165) is 5.56 Å². The third-order valence-electron chi connectivity index (χ3n) is 3.27. The Bertz CT molecular complexity index is 347. The molecule has 1 fully saturated rings. The quantitative estimate of drug-likeness (QED) is 0.787. The second-order valence-electron chi connectivity index (χ2n) is 4.47. The first kappa shape index (κ1) is 12.4. The van der Waals surface area contributed by atoms with E-state index in [1.54, 1.807) is 4.90 Å². The molecule has 1 unspecified atom stereocenters. The number of rotatable bonds is 3. The fourth-order valence-corrected chi connectivity index (χ4v) is 2.38. The maximum absolute atomic E-state index is 12.7. The molecule has 17 heavy (non-hydrogen) atoms. The number of alkyl halides is 3. The van der Waals surface area contributed by atoms with E-state index >= 15 is 0 Å². The highest BCUT2D eigenvalue weighted by atomic mass is 19.4. The predicted octanol–water partition coefficient (Wildman–Crippen LogP) is 3.26. The Kier molecular flexibility index (Phi) is 3.72. The average molecular weight is 243 g/mol. The van der Waals surface area contributed by atoms with Crippen LogP contribution in [0.1, 0.15) is 18.4 Å². The van der Waals surface area contributed by atoms with Gasteiger partial charge >= 0.3 is 6.18 Å². The van der Waals surface area contributed by atoms with Gasteiger partial charge in [0.1, 0.15) is 6.04 Å². The highest BCUT2D eigenvalue weighted by Gasteiger charge is 2.45. The lowest BCUT2D eigenvalue weighted by molar-refractivity contribution is -0.175. The van der Waals surface area contributed by atoms with Gasteiger partial charge in [0.15, 0.2) is 0 Å². The van der Waals surface area contributed by atoms with Crippen LogP contribution in [0, 0.1) is 0 Å². The number of hydrogen-bond acceptors (Lipinski definition) is 1. The first-order valence-corrected chi connectivity index (χ1v) is 5.92. The Labute approximate surface area is 99.2 Å². The van der Waals surface area contributed by atoms with E-state index in [1.165, 1.54) is 0 Å². The van der Waals surface area contributed by atoms with Crippen LogP contribution in [0.15, 0.2) is 30.3 Å². The molecule has 0 saturated carbocycles. The Hall–Kier alpha value is -1.03. The molecule has 0 amide bonds. The third kappa shape index (κ3) is 3.22. The van der Waals surface area contributed by atoms with Crippen molar-refractivity contribution in [3.63, 3.8) is 0 Å². The predicted molar refractivity (Wildman–Crippen MR) is 60.8 cm³/mol. The lowest BCUT2D eigenvalue weighted by atomic mass is 10.1. The van der Waals surface area contributed by atoms with Crippen molar-refractivity contribution in [2.75, 3.05) is 13.1 Å². The molecule has 0 radical (unpaired) electrons. The molecule has 1 saturated heterocycles. The van der Waals surface area contributed by atoms with E-state index in [0.29, 0.717) is 25.9 Å². The van der Waals surface area contributed by atoms with E-state index in [2.05, 4.69) is 0 Å². The molecule has 1 aromatic carbocycles. The number of likely N-dealkylation sites (tertiary alicyclic amines) is 1. The van der Waals surface area contributed by atoms with Crippen molar-refractivity contribution in [3.05, 3.63) is 35.9 Å². The van der Waals surface area contributed by atoms with Gasteiger partial charge in [-0.3, -0.25) is 4.90 Å². The zero-order valence-corrected chi connectivity index (χ0v) is 9.58. The summed E-state index contributed by atoms with van der Waals surface area (Å²) in [5, 5.41) is 0. The second kappa shape index (κ2) is 5.08. The summed E-state index contributed by atoms with van der Waals surface area (Å²) in [6.45, 7) is 1.06. The number of benzene rings is 1. The summed E-state index contributed by atoms with van der Waals surface area (Å²) in [5.74, 6) is 0. The van der Waals surface area contributed by atoms with E-state index < -0.39 is 12.2 Å². The van der Waals surface area contributed by atoms with E-state index in [-0.39, 0.29) is 6.42 Å². The van der Waals surface area contributed by atoms with Gasteiger partial charge in [0.2, 0.25) is 0 Å². The molecular weight excluding hydrogens is 227 g/mol. The molecule has 1 heterocycles. The van der Waals surface area contributed by atoms with E-state index in [4.69, 9.17) is 0 Å². The average Bonchev–Trinajstić information content (AvgIpc) is 2.75. The fraction of sp³-hybridized carbons (Fsp3) is 0.538. The largest absolute Gasteiger partial charge is 0.404 e. The van der Waals surface area contributed by atoms with E-state index in [1.807, 2.05) is 30.3 Å². The molecule has 1 aliphatic rings. The molecule has 0 aliphatic carbocycles. The van der Waals surface area contributed by atoms with Gasteiger partial charge in [-0.25, -0.2) is 0 Å². The standard InChI is InChI=1S/C13H16F3N/c14-13(15,16)12-7-4-9-17(12)10-8-11-5-2-1-3-6-11/h1-3,5-6,12H,4,7-10H2. The summed E-state index contributed by atoms with van der Waals surface area (Å²) < 4.78 is 38.1. The fourth-order valence-electron chi connectivity index (χ4n) is 2.38. The number of hydrogen-bond donors (Lipinski definition) is 0. The van der Waals surface area contributed by atoms with Crippen molar-refractivity contribution >= 4 is 0 Å². The van der Waals surface area contributed by atoms with Gasteiger partial charge in [-0.15, -0.1) is 0 Å². The van der Waals surface area contributed by atoms with Crippen LogP contribution in [0.25, 0.3) is 0 Å². The van der Waals surface area contributed by atoms with Crippen LogP contribution in [0.5, 0.6) is 0 Å². The molecule has 4 heteroatoms. The molecule has 0 N–H and O–H groups in total. The van der Waals surface area contributed by atoms with Crippen LogP contribution in [-0.4, -0.2) is 30.2 Å². The van der Waals surface area contributed by atoms with Crippen molar-refractivity contribution < 1.29 is 13.2 Å². The van der Waals surface area contributed by atoms with Gasteiger partial charge in [-0.1, -0.05) is 30.3 Å². The summed E-state index contributed by atoms with van der Waals surface area (Å²) in [6, 6.07) is 8.43. The van der Waals surface area contributed by atoms with Gasteiger partial charge in [0.25, 0.3) is 0 Å². The van der Waals surface area contributed by atoms with Gasteiger partial charge in [0, 0.05) is 6.54 Å². The first-order chi connectivity index (χ1) is 8.07. The van der Waals surface area contributed by atoms with Gasteiger partial charge in [0.05, 0.1) is 0 Å². The summed E-state index contributed by atoms with van der Waals surface area (Å²) in [7, 11) is 0. The highest BCUT2D eigenvalue weighted by Crippen LogP contribution is 2.32. The van der Waals surface area contributed by atoms with Crippen molar-refractivity contribution in [1.82, 2.24) is 4.90 Å². The van der Waals surface area contributed by atoms with E-state index in [9.17, 15) is 13.2 Å². The summed E-state index contributed by atoms with van der Waals surface area (Å²) in [5.41, 5.74) is 1.10. The Balaban J connectivity index is 1.91. The normalized spacial score (nSPS) is 21.9. The maximum atomic E-state index is 12.7. The SMILES string of the molecule is FC(F)(F)C1CCCN1CCc1ccccc1. The van der Waals surface area contributed by atoms with Crippen LogP contribution < -0.4 is 0 Å². The van der Waals surface area contributed by atoms with Gasteiger partial charge < -0.3 is 0 Å². The topological polar surface area (TPSA) is 3.24 Å². The Morgan fingerprint density at radius 1 is 1.18 bits per heavy atom. The zero-order chi connectivity index (χ0) is 12.3. The molecule has 1 atom stereocenters. The van der Waals surface area contributed by atoms with Crippen molar-refractivity contribution in [2.24, 2.45) is 0 Å². The Morgan fingerprint density at radius 3 is 2.53 bits per heavy atom. The van der Waals surface area contributed by atoms with Crippen molar-refractivity contribution in [1.29, 1.82) is 0 Å². The van der Waals surface area contributed by atoms with Gasteiger partial charge in [-0.2, -0.15) is 13.2 Å².